The van der Waals surface area contributed by atoms with Crippen molar-refractivity contribution in [2.45, 2.75) is 37.9 Å². The van der Waals surface area contributed by atoms with Crippen LogP contribution in [0.4, 0.5) is 9.59 Å². The lowest BCUT2D eigenvalue weighted by Crippen LogP contribution is -2.49. The fraction of sp³-hybridized carbons (Fsp3) is 0.579. The van der Waals surface area contributed by atoms with Gasteiger partial charge in [-0.05, 0) is 25.3 Å². The first-order valence-electron chi connectivity index (χ1n) is 9.13. The zero-order chi connectivity index (χ0) is 18.7. The number of ether oxygens (including phenoxy) is 1. The minimum atomic E-state index is -0.883. The average Bonchev–Trinajstić information content (AvgIpc) is 3.00. The minimum Gasteiger partial charge on any atom is -0.465 e. The molecule has 1 aromatic carbocycles. The number of likely N-dealkylation sites (tertiary alicyclic amines) is 1. The lowest BCUT2D eigenvalue weighted by atomic mass is 9.99. The summed E-state index contributed by atoms with van der Waals surface area (Å²) in [6, 6.07) is 10.1. The van der Waals surface area contributed by atoms with E-state index in [2.05, 4.69) is 12.1 Å². The van der Waals surface area contributed by atoms with E-state index in [-0.39, 0.29) is 24.2 Å². The molecule has 2 aliphatic heterocycles. The van der Waals surface area contributed by atoms with E-state index in [1.807, 2.05) is 34.9 Å². The second kappa shape index (κ2) is 7.95. The van der Waals surface area contributed by atoms with E-state index >= 15 is 0 Å². The smallest absolute Gasteiger partial charge is 0.407 e. The molecule has 7 heteroatoms. The molecule has 1 aromatic rings. The fourth-order valence-corrected chi connectivity index (χ4v) is 4.02. The van der Waals surface area contributed by atoms with Crippen LogP contribution in [-0.4, -0.2) is 77.4 Å². The van der Waals surface area contributed by atoms with Gasteiger partial charge < -0.3 is 24.5 Å². The van der Waals surface area contributed by atoms with Gasteiger partial charge >= 0.3 is 12.1 Å². The zero-order valence-corrected chi connectivity index (χ0v) is 15.4. The molecule has 0 radical (unpaired) electrons. The molecule has 2 saturated heterocycles. The summed E-state index contributed by atoms with van der Waals surface area (Å²) in [6.45, 7) is 4.07. The van der Waals surface area contributed by atoms with E-state index in [0.29, 0.717) is 39.1 Å². The number of urea groups is 1. The zero-order valence-electron chi connectivity index (χ0n) is 15.4. The molecule has 142 valence electrons. The molecule has 3 amide bonds. The van der Waals surface area contributed by atoms with Gasteiger partial charge in [0.2, 0.25) is 0 Å². The molecule has 0 aromatic heterocycles. The van der Waals surface area contributed by atoms with Gasteiger partial charge in [-0.2, -0.15) is 0 Å². The van der Waals surface area contributed by atoms with Crippen molar-refractivity contribution < 1.29 is 19.4 Å². The molecule has 0 bridgehead atoms. The molecule has 3 rings (SSSR count). The van der Waals surface area contributed by atoms with E-state index in [1.165, 1.54) is 4.90 Å². The van der Waals surface area contributed by atoms with Crippen LogP contribution in [-0.2, 0) is 4.74 Å². The Kier molecular flexibility index (Phi) is 5.66. The third-order valence-electron chi connectivity index (χ3n) is 5.42. The largest absolute Gasteiger partial charge is 0.465 e. The quantitative estimate of drug-likeness (QED) is 0.875. The van der Waals surface area contributed by atoms with Crippen molar-refractivity contribution >= 4 is 12.1 Å². The van der Waals surface area contributed by atoms with Crippen molar-refractivity contribution in [2.75, 3.05) is 33.4 Å². The Morgan fingerprint density at radius 1 is 1.27 bits per heavy atom. The monoisotopic (exact) mass is 361 g/mol. The van der Waals surface area contributed by atoms with Gasteiger partial charge in [-0.1, -0.05) is 30.3 Å². The predicted molar refractivity (Wildman–Crippen MR) is 97.1 cm³/mol. The summed E-state index contributed by atoms with van der Waals surface area (Å²) < 4.78 is 5.24. The number of amides is 3. The van der Waals surface area contributed by atoms with Crippen molar-refractivity contribution in [3.05, 3.63) is 35.9 Å². The summed E-state index contributed by atoms with van der Waals surface area (Å²) in [7, 11) is 1.64. The first kappa shape index (κ1) is 18.5. The predicted octanol–water partition coefficient (Wildman–Crippen LogP) is 2.64. The topological polar surface area (TPSA) is 73.3 Å². The van der Waals surface area contributed by atoms with Gasteiger partial charge in [0.25, 0.3) is 0 Å². The Morgan fingerprint density at radius 3 is 2.50 bits per heavy atom. The SMILES string of the molecule is COC[C@H](C)N1CC(c2ccccc2)N(C2CCN(C(=O)O)CC2)C1=O. The Bertz CT molecular complexity index is 631. The standard InChI is InChI=1S/C19H27N3O4/c1-14(13-26-2)21-12-17(15-6-4-3-5-7-15)22(18(21)23)16-8-10-20(11-9-16)19(24)25/h3-7,14,16-17H,8-13H2,1-2H3,(H,24,25)/t14-,17?/m0/s1. The number of rotatable bonds is 5. The van der Waals surface area contributed by atoms with Crippen LogP contribution >= 0.6 is 0 Å². The molecule has 26 heavy (non-hydrogen) atoms. The first-order valence-corrected chi connectivity index (χ1v) is 9.13. The minimum absolute atomic E-state index is 0.00261. The van der Waals surface area contributed by atoms with Crippen LogP contribution in [0.2, 0.25) is 0 Å². The van der Waals surface area contributed by atoms with Gasteiger partial charge in [-0.3, -0.25) is 0 Å². The number of nitrogens with zero attached hydrogens (tertiary/aromatic N) is 3. The first-order chi connectivity index (χ1) is 12.5. The highest BCUT2D eigenvalue weighted by Gasteiger charge is 2.44. The Morgan fingerprint density at radius 2 is 1.92 bits per heavy atom. The van der Waals surface area contributed by atoms with Crippen LogP contribution in [0.15, 0.2) is 30.3 Å². The number of carbonyl (C=O) groups is 2. The van der Waals surface area contributed by atoms with E-state index in [4.69, 9.17) is 9.84 Å². The molecular weight excluding hydrogens is 334 g/mol. The Balaban J connectivity index is 1.82. The summed E-state index contributed by atoms with van der Waals surface area (Å²) in [5, 5.41) is 9.17. The summed E-state index contributed by atoms with van der Waals surface area (Å²) in [6.07, 6.45) is 0.466. The van der Waals surface area contributed by atoms with Gasteiger partial charge in [0.05, 0.1) is 18.7 Å². The summed E-state index contributed by atoms with van der Waals surface area (Å²) in [5.41, 5.74) is 1.12. The molecule has 2 fully saturated rings. The summed E-state index contributed by atoms with van der Waals surface area (Å²) in [4.78, 5) is 29.6. The van der Waals surface area contributed by atoms with Gasteiger partial charge in [0.1, 0.15) is 0 Å². The maximum atomic E-state index is 13.2. The van der Waals surface area contributed by atoms with E-state index in [0.717, 1.165) is 5.56 Å². The molecule has 2 atom stereocenters. The second-order valence-electron chi connectivity index (χ2n) is 7.07. The van der Waals surface area contributed by atoms with Crippen molar-refractivity contribution in [1.82, 2.24) is 14.7 Å². The molecule has 0 aliphatic carbocycles. The molecule has 1 unspecified atom stereocenters. The average molecular weight is 361 g/mol. The molecular formula is C19H27N3O4. The number of piperidine rings is 1. The fourth-order valence-electron chi connectivity index (χ4n) is 4.02. The van der Waals surface area contributed by atoms with Crippen molar-refractivity contribution in [1.29, 1.82) is 0 Å². The highest BCUT2D eigenvalue weighted by Crippen LogP contribution is 2.35. The van der Waals surface area contributed by atoms with Crippen LogP contribution in [0.5, 0.6) is 0 Å². The van der Waals surface area contributed by atoms with Gasteiger partial charge in [-0.15, -0.1) is 0 Å². The molecule has 0 spiro atoms. The molecule has 0 saturated carbocycles. The Labute approximate surface area is 154 Å². The van der Waals surface area contributed by atoms with E-state index in [1.54, 1.807) is 7.11 Å². The highest BCUT2D eigenvalue weighted by molar-refractivity contribution is 5.78. The van der Waals surface area contributed by atoms with Gasteiger partial charge in [-0.25, -0.2) is 9.59 Å². The molecule has 7 nitrogen and oxygen atoms in total. The van der Waals surface area contributed by atoms with E-state index in [9.17, 15) is 9.59 Å². The maximum absolute atomic E-state index is 13.2. The maximum Gasteiger partial charge on any atom is 0.407 e. The normalized spacial score (nSPS) is 22.8. The number of methoxy groups -OCH3 is 1. The molecule has 1 N–H and O–H groups in total. The summed E-state index contributed by atoms with van der Waals surface area (Å²) >= 11 is 0. The number of hydrogen-bond donors (Lipinski definition) is 1. The third kappa shape index (κ3) is 3.62. The third-order valence-corrected chi connectivity index (χ3v) is 5.42. The van der Waals surface area contributed by atoms with Crippen LogP contribution in [0.3, 0.4) is 0 Å². The summed E-state index contributed by atoms with van der Waals surface area (Å²) in [5.74, 6) is 0. The van der Waals surface area contributed by atoms with Crippen LogP contribution in [0, 0.1) is 0 Å². The van der Waals surface area contributed by atoms with Gasteiger partial charge in [0, 0.05) is 32.8 Å². The molecule has 2 aliphatic rings. The van der Waals surface area contributed by atoms with E-state index < -0.39 is 6.09 Å². The highest BCUT2D eigenvalue weighted by atomic mass is 16.5. The van der Waals surface area contributed by atoms with Gasteiger partial charge in [0.15, 0.2) is 0 Å². The molecule has 2 heterocycles. The second-order valence-corrected chi connectivity index (χ2v) is 7.07. The van der Waals surface area contributed by atoms with Crippen molar-refractivity contribution in [2.24, 2.45) is 0 Å². The number of carbonyl (C=O) groups excluding carboxylic acids is 1. The Hall–Kier alpha value is -2.28. The van der Waals surface area contributed by atoms with Crippen LogP contribution < -0.4 is 0 Å². The lowest BCUT2D eigenvalue weighted by molar-refractivity contribution is 0.0951. The number of hydrogen-bond acceptors (Lipinski definition) is 3. The lowest BCUT2D eigenvalue weighted by Gasteiger charge is -2.38. The van der Waals surface area contributed by atoms with Crippen LogP contribution in [0.1, 0.15) is 31.4 Å². The number of carboxylic acid groups (broad SMARTS) is 1. The van der Waals surface area contributed by atoms with Crippen molar-refractivity contribution in [3.8, 4) is 0 Å². The van der Waals surface area contributed by atoms with Crippen LogP contribution in [0.25, 0.3) is 0 Å². The van der Waals surface area contributed by atoms with Crippen molar-refractivity contribution in [3.63, 3.8) is 0 Å². The number of benzene rings is 1.